The molecule has 0 radical (unpaired) electrons. The van der Waals surface area contributed by atoms with Crippen LogP contribution in [0.25, 0.3) is 0 Å². The summed E-state index contributed by atoms with van der Waals surface area (Å²) < 4.78 is 39.2. The number of carbonyl (C=O) groups excluding carboxylic acids is 2. The molecule has 2 aromatic rings. The van der Waals surface area contributed by atoms with Crippen molar-refractivity contribution in [3.05, 3.63) is 58.7 Å². The maximum atomic E-state index is 13.1. The normalized spacial score (nSPS) is 19.6. The predicted molar refractivity (Wildman–Crippen MR) is 106 cm³/mol. The Hall–Kier alpha value is -2.83. The minimum absolute atomic E-state index is 0.0764. The van der Waals surface area contributed by atoms with E-state index in [0.29, 0.717) is 5.56 Å². The van der Waals surface area contributed by atoms with Gasteiger partial charge in [0.1, 0.15) is 0 Å². The second-order valence-corrected chi connectivity index (χ2v) is 7.66. The first-order valence-electron chi connectivity index (χ1n) is 9.36. The Balaban J connectivity index is 1.84. The quantitative estimate of drug-likeness (QED) is 0.794. The van der Waals surface area contributed by atoms with Crippen molar-refractivity contribution >= 4 is 23.2 Å². The molecule has 1 heterocycles. The molecule has 1 aliphatic heterocycles. The summed E-state index contributed by atoms with van der Waals surface area (Å²) in [5.41, 5.74) is 2.30. The van der Waals surface area contributed by atoms with Gasteiger partial charge in [-0.25, -0.2) is 0 Å². The van der Waals surface area contributed by atoms with E-state index >= 15 is 0 Å². The lowest BCUT2D eigenvalue weighted by atomic mass is 9.96. The van der Waals surface area contributed by atoms with E-state index in [1.54, 1.807) is 11.8 Å². The summed E-state index contributed by atoms with van der Waals surface area (Å²) in [6, 6.07) is 9.13. The molecule has 0 aliphatic carbocycles. The van der Waals surface area contributed by atoms with Gasteiger partial charge in [-0.3, -0.25) is 9.59 Å². The molecule has 1 aliphatic rings. The fourth-order valence-electron chi connectivity index (χ4n) is 3.86. The van der Waals surface area contributed by atoms with Crippen LogP contribution in [0.4, 0.5) is 24.5 Å². The minimum atomic E-state index is -4.50. The zero-order valence-corrected chi connectivity index (χ0v) is 16.7. The van der Waals surface area contributed by atoms with Crippen LogP contribution < -0.4 is 10.2 Å². The Kier molecular flexibility index (Phi) is 5.43. The standard InChI is InChI=1S/C22H23F3N2O2/c1-12-8-16(22(23,24)25)10-17(9-12)26-20(28)18-11-27(21(29)15(18)4)19-13(2)6-5-7-14(19)3/h5-10,15,18H,11H2,1-4H3,(H,26,28)/t15-,18+/m0/s1. The molecule has 1 N–H and O–H groups in total. The number of hydrogen-bond acceptors (Lipinski definition) is 2. The number of hydrogen-bond donors (Lipinski definition) is 1. The summed E-state index contributed by atoms with van der Waals surface area (Å²) in [4.78, 5) is 27.2. The molecular formula is C22H23F3N2O2. The molecule has 29 heavy (non-hydrogen) atoms. The number of nitrogens with zero attached hydrogens (tertiary/aromatic N) is 1. The number of carbonyl (C=O) groups is 2. The lowest BCUT2D eigenvalue weighted by Crippen LogP contribution is -2.29. The van der Waals surface area contributed by atoms with Crippen LogP contribution >= 0.6 is 0 Å². The molecule has 2 atom stereocenters. The topological polar surface area (TPSA) is 49.4 Å². The van der Waals surface area contributed by atoms with Gasteiger partial charge in [-0.1, -0.05) is 25.1 Å². The monoisotopic (exact) mass is 404 g/mol. The van der Waals surface area contributed by atoms with Gasteiger partial charge in [0.15, 0.2) is 0 Å². The lowest BCUT2D eigenvalue weighted by Gasteiger charge is -2.21. The highest BCUT2D eigenvalue weighted by Gasteiger charge is 2.43. The van der Waals surface area contributed by atoms with Gasteiger partial charge in [0.2, 0.25) is 11.8 Å². The number of benzene rings is 2. The maximum absolute atomic E-state index is 13.1. The summed E-state index contributed by atoms with van der Waals surface area (Å²) in [5, 5.41) is 2.57. The molecule has 1 fully saturated rings. The van der Waals surface area contributed by atoms with E-state index in [-0.39, 0.29) is 18.1 Å². The number of rotatable bonds is 3. The molecule has 0 bridgehead atoms. The van der Waals surface area contributed by atoms with E-state index in [9.17, 15) is 22.8 Å². The fourth-order valence-corrected chi connectivity index (χ4v) is 3.86. The van der Waals surface area contributed by atoms with Gasteiger partial charge < -0.3 is 10.2 Å². The third-order valence-electron chi connectivity index (χ3n) is 5.36. The molecule has 0 saturated carbocycles. The zero-order chi connectivity index (χ0) is 21.5. The van der Waals surface area contributed by atoms with E-state index in [2.05, 4.69) is 5.32 Å². The molecule has 0 aromatic heterocycles. The zero-order valence-electron chi connectivity index (χ0n) is 16.7. The van der Waals surface area contributed by atoms with Crippen LogP contribution in [0.3, 0.4) is 0 Å². The number of halogens is 3. The Morgan fingerprint density at radius 1 is 1.10 bits per heavy atom. The second-order valence-electron chi connectivity index (χ2n) is 7.66. The smallest absolute Gasteiger partial charge is 0.326 e. The Morgan fingerprint density at radius 2 is 1.72 bits per heavy atom. The van der Waals surface area contributed by atoms with Crippen molar-refractivity contribution in [2.24, 2.45) is 11.8 Å². The summed E-state index contributed by atoms with van der Waals surface area (Å²) in [7, 11) is 0. The van der Waals surface area contributed by atoms with Gasteiger partial charge in [-0.15, -0.1) is 0 Å². The maximum Gasteiger partial charge on any atom is 0.416 e. The molecule has 2 amide bonds. The third-order valence-corrected chi connectivity index (χ3v) is 5.36. The van der Waals surface area contributed by atoms with Crippen molar-refractivity contribution in [2.45, 2.75) is 33.9 Å². The van der Waals surface area contributed by atoms with Gasteiger partial charge in [-0.05, 0) is 55.7 Å². The van der Waals surface area contributed by atoms with Crippen LogP contribution in [0.15, 0.2) is 36.4 Å². The Morgan fingerprint density at radius 3 is 2.31 bits per heavy atom. The van der Waals surface area contributed by atoms with E-state index in [0.717, 1.165) is 28.9 Å². The molecule has 3 rings (SSSR count). The number of para-hydroxylation sites is 1. The molecule has 154 valence electrons. The largest absolute Gasteiger partial charge is 0.416 e. The van der Waals surface area contributed by atoms with Crippen molar-refractivity contribution in [3.63, 3.8) is 0 Å². The van der Waals surface area contributed by atoms with Crippen LogP contribution in [0.5, 0.6) is 0 Å². The number of anilines is 2. The molecule has 2 aromatic carbocycles. The summed E-state index contributed by atoms with van der Waals surface area (Å²) in [5.74, 6) is -1.85. The van der Waals surface area contributed by atoms with Crippen LogP contribution in [-0.2, 0) is 15.8 Å². The van der Waals surface area contributed by atoms with Gasteiger partial charge in [0.05, 0.1) is 11.5 Å². The molecule has 0 unspecified atom stereocenters. The lowest BCUT2D eigenvalue weighted by molar-refractivity contribution is -0.137. The molecule has 7 heteroatoms. The molecular weight excluding hydrogens is 381 g/mol. The van der Waals surface area contributed by atoms with Gasteiger partial charge >= 0.3 is 6.18 Å². The van der Waals surface area contributed by atoms with E-state index in [4.69, 9.17) is 0 Å². The number of alkyl halides is 3. The van der Waals surface area contributed by atoms with Crippen LogP contribution in [0.2, 0.25) is 0 Å². The Bertz CT molecular complexity index is 949. The molecule has 0 spiro atoms. The predicted octanol–water partition coefficient (Wildman–Crippen LogP) is 4.87. The van der Waals surface area contributed by atoms with Crippen LogP contribution in [0.1, 0.15) is 29.2 Å². The number of amides is 2. The summed E-state index contributed by atoms with van der Waals surface area (Å²) in [6.45, 7) is 7.21. The Labute approximate surface area is 167 Å². The van der Waals surface area contributed by atoms with Crippen molar-refractivity contribution in [1.82, 2.24) is 0 Å². The average molecular weight is 404 g/mol. The van der Waals surface area contributed by atoms with Crippen LogP contribution in [0, 0.1) is 32.6 Å². The highest BCUT2D eigenvalue weighted by atomic mass is 19.4. The fraction of sp³-hybridized carbons (Fsp3) is 0.364. The highest BCUT2D eigenvalue weighted by molar-refractivity contribution is 6.05. The van der Waals surface area contributed by atoms with Gasteiger partial charge in [-0.2, -0.15) is 13.2 Å². The highest BCUT2D eigenvalue weighted by Crippen LogP contribution is 2.35. The summed E-state index contributed by atoms with van der Waals surface area (Å²) >= 11 is 0. The van der Waals surface area contributed by atoms with Gasteiger partial charge in [0.25, 0.3) is 0 Å². The number of aryl methyl sites for hydroxylation is 3. The van der Waals surface area contributed by atoms with Crippen molar-refractivity contribution in [3.8, 4) is 0 Å². The van der Waals surface area contributed by atoms with Crippen LogP contribution in [-0.4, -0.2) is 18.4 Å². The number of nitrogens with one attached hydrogen (secondary N) is 1. The van der Waals surface area contributed by atoms with Crippen molar-refractivity contribution in [1.29, 1.82) is 0 Å². The van der Waals surface area contributed by atoms with Crippen molar-refractivity contribution < 1.29 is 22.8 Å². The van der Waals surface area contributed by atoms with Gasteiger partial charge in [0, 0.05) is 23.8 Å². The second kappa shape index (κ2) is 7.54. The first-order valence-corrected chi connectivity index (χ1v) is 9.36. The van der Waals surface area contributed by atoms with E-state index in [1.165, 1.54) is 13.0 Å². The summed E-state index contributed by atoms with van der Waals surface area (Å²) in [6.07, 6.45) is -4.50. The first kappa shape index (κ1) is 20.9. The first-order chi connectivity index (χ1) is 13.5. The molecule has 4 nitrogen and oxygen atoms in total. The molecule has 1 saturated heterocycles. The third kappa shape index (κ3) is 4.13. The average Bonchev–Trinajstić information content (AvgIpc) is 2.89. The van der Waals surface area contributed by atoms with E-state index < -0.39 is 29.5 Å². The minimum Gasteiger partial charge on any atom is -0.326 e. The van der Waals surface area contributed by atoms with Crippen molar-refractivity contribution in [2.75, 3.05) is 16.8 Å². The SMILES string of the molecule is Cc1cc(NC(=O)[C@@H]2CN(c3c(C)cccc3C)C(=O)[C@H]2C)cc(C(F)(F)F)c1. The van der Waals surface area contributed by atoms with E-state index in [1.807, 2.05) is 32.0 Å².